The number of aldehydes is 2. The molecule has 0 unspecified atom stereocenters. The maximum Gasteiger partial charge on any atom is 0.150 e. The van der Waals surface area contributed by atoms with E-state index in [-0.39, 0.29) is 0 Å². The number of carbonyl (C=O) groups excluding carboxylic acids is 2. The zero-order valence-electron chi connectivity index (χ0n) is 11.4. The van der Waals surface area contributed by atoms with Gasteiger partial charge in [-0.15, -0.1) is 0 Å². The second-order valence-corrected chi connectivity index (χ2v) is 4.69. The van der Waals surface area contributed by atoms with Crippen LogP contribution in [0.25, 0.3) is 0 Å². The van der Waals surface area contributed by atoms with E-state index >= 15 is 0 Å². The summed E-state index contributed by atoms with van der Waals surface area (Å²) in [7, 11) is 0. The summed E-state index contributed by atoms with van der Waals surface area (Å²) in [5.41, 5.74) is 3.52. The summed E-state index contributed by atoms with van der Waals surface area (Å²) < 4.78 is 0. The first kappa shape index (κ1) is 14.6. The highest BCUT2D eigenvalue weighted by atomic mass is 16.1. The fraction of sp³-hybridized carbons (Fsp3) is 0.500. The van der Waals surface area contributed by atoms with E-state index in [2.05, 4.69) is 13.8 Å². The van der Waals surface area contributed by atoms with Crippen molar-refractivity contribution in [2.75, 3.05) is 0 Å². The third kappa shape index (κ3) is 3.80. The number of carbonyl (C=O) groups is 2. The Morgan fingerprint density at radius 2 is 1.22 bits per heavy atom. The largest absolute Gasteiger partial charge is 0.298 e. The van der Waals surface area contributed by atoms with Gasteiger partial charge in [0.15, 0.2) is 0 Å². The number of rotatable bonds is 8. The summed E-state index contributed by atoms with van der Waals surface area (Å²) in [5.74, 6) is 0. The second kappa shape index (κ2) is 7.80. The molecule has 0 aliphatic rings. The Morgan fingerprint density at radius 3 is 1.50 bits per heavy atom. The Labute approximate surface area is 109 Å². The van der Waals surface area contributed by atoms with E-state index in [9.17, 15) is 9.59 Å². The first-order valence-corrected chi connectivity index (χ1v) is 6.82. The van der Waals surface area contributed by atoms with Crippen LogP contribution in [0.4, 0.5) is 0 Å². The first-order chi connectivity index (χ1) is 8.76. The molecule has 1 rings (SSSR count). The molecular formula is C16H22O2. The lowest BCUT2D eigenvalue weighted by Gasteiger charge is -2.10. The van der Waals surface area contributed by atoms with Crippen molar-refractivity contribution in [2.24, 2.45) is 0 Å². The Bertz CT molecular complexity index is 368. The van der Waals surface area contributed by atoms with Crippen molar-refractivity contribution in [2.45, 2.75) is 52.4 Å². The minimum Gasteiger partial charge on any atom is -0.298 e. The molecule has 0 radical (unpaired) electrons. The van der Waals surface area contributed by atoms with Gasteiger partial charge in [-0.2, -0.15) is 0 Å². The van der Waals surface area contributed by atoms with Crippen LogP contribution in [0.15, 0.2) is 12.1 Å². The van der Waals surface area contributed by atoms with Gasteiger partial charge in [0.2, 0.25) is 0 Å². The first-order valence-electron chi connectivity index (χ1n) is 6.82. The predicted molar refractivity (Wildman–Crippen MR) is 74.4 cm³/mol. The summed E-state index contributed by atoms with van der Waals surface area (Å²) in [6, 6.07) is 3.80. The molecule has 0 heterocycles. The highest BCUT2D eigenvalue weighted by Gasteiger charge is 2.08. The molecule has 0 aliphatic carbocycles. The molecule has 0 aliphatic heterocycles. The molecule has 0 saturated heterocycles. The van der Waals surface area contributed by atoms with Crippen LogP contribution in [-0.4, -0.2) is 12.6 Å². The Hall–Kier alpha value is -1.44. The molecule has 0 spiro atoms. The molecule has 98 valence electrons. The standard InChI is InChI=1S/C16H22O2/c1-3-5-7-13-9-16(12-18)14(8-6-4-2)10-15(13)11-17/h9-12H,3-8H2,1-2H3. The summed E-state index contributed by atoms with van der Waals surface area (Å²) in [6.45, 7) is 4.24. The molecule has 1 aromatic rings. The Balaban J connectivity index is 3.06. The third-order valence-corrected chi connectivity index (χ3v) is 3.25. The number of unbranched alkanes of at least 4 members (excludes halogenated alkanes) is 2. The minimum atomic E-state index is 0.750. The van der Waals surface area contributed by atoms with Gasteiger partial charge in [-0.1, -0.05) is 26.7 Å². The molecule has 2 nitrogen and oxygen atoms in total. The third-order valence-electron chi connectivity index (χ3n) is 3.25. The summed E-state index contributed by atoms with van der Waals surface area (Å²) in [6.07, 6.45) is 7.85. The fourth-order valence-electron chi connectivity index (χ4n) is 2.11. The van der Waals surface area contributed by atoms with E-state index in [4.69, 9.17) is 0 Å². The topological polar surface area (TPSA) is 34.1 Å². The van der Waals surface area contributed by atoms with E-state index in [1.807, 2.05) is 12.1 Å². The van der Waals surface area contributed by atoms with Crippen LogP contribution in [0, 0.1) is 0 Å². The SMILES string of the molecule is CCCCc1cc(C=O)c(CCCC)cc1C=O. The summed E-state index contributed by atoms with van der Waals surface area (Å²) in [5, 5.41) is 0. The lowest BCUT2D eigenvalue weighted by atomic mass is 9.94. The molecular weight excluding hydrogens is 224 g/mol. The van der Waals surface area contributed by atoms with Crippen LogP contribution < -0.4 is 0 Å². The van der Waals surface area contributed by atoms with Crippen molar-refractivity contribution in [1.82, 2.24) is 0 Å². The van der Waals surface area contributed by atoms with Crippen LogP contribution in [0.3, 0.4) is 0 Å². The summed E-state index contributed by atoms with van der Waals surface area (Å²) >= 11 is 0. The van der Waals surface area contributed by atoms with Gasteiger partial charge >= 0.3 is 0 Å². The highest BCUT2D eigenvalue weighted by Crippen LogP contribution is 2.19. The van der Waals surface area contributed by atoms with E-state index in [1.54, 1.807) is 0 Å². The molecule has 0 bridgehead atoms. The van der Waals surface area contributed by atoms with E-state index in [0.717, 1.165) is 73.4 Å². The van der Waals surface area contributed by atoms with E-state index in [0.29, 0.717) is 0 Å². The molecule has 2 heteroatoms. The molecule has 1 aromatic carbocycles. The maximum absolute atomic E-state index is 11.1. The molecule has 0 saturated carbocycles. The fourth-order valence-corrected chi connectivity index (χ4v) is 2.11. The van der Waals surface area contributed by atoms with Crippen molar-refractivity contribution in [1.29, 1.82) is 0 Å². The minimum absolute atomic E-state index is 0.750. The number of aryl methyl sites for hydroxylation is 2. The highest BCUT2D eigenvalue weighted by molar-refractivity contribution is 5.83. The number of benzene rings is 1. The van der Waals surface area contributed by atoms with Crippen LogP contribution in [0.5, 0.6) is 0 Å². The van der Waals surface area contributed by atoms with Crippen LogP contribution in [0.1, 0.15) is 71.4 Å². The van der Waals surface area contributed by atoms with Gasteiger partial charge in [0, 0.05) is 11.1 Å². The normalized spacial score (nSPS) is 10.3. The van der Waals surface area contributed by atoms with Gasteiger partial charge in [0.1, 0.15) is 12.6 Å². The van der Waals surface area contributed by atoms with Gasteiger partial charge in [0.05, 0.1) is 0 Å². The van der Waals surface area contributed by atoms with Gasteiger partial charge in [0.25, 0.3) is 0 Å². The lowest BCUT2D eigenvalue weighted by Crippen LogP contribution is -2.01. The van der Waals surface area contributed by atoms with Gasteiger partial charge in [-0.25, -0.2) is 0 Å². The Kier molecular flexibility index (Phi) is 6.34. The van der Waals surface area contributed by atoms with Gasteiger partial charge in [-0.3, -0.25) is 9.59 Å². The maximum atomic E-state index is 11.1. The van der Waals surface area contributed by atoms with Crippen LogP contribution in [-0.2, 0) is 12.8 Å². The zero-order valence-corrected chi connectivity index (χ0v) is 11.4. The second-order valence-electron chi connectivity index (χ2n) is 4.69. The van der Waals surface area contributed by atoms with Crippen molar-refractivity contribution < 1.29 is 9.59 Å². The van der Waals surface area contributed by atoms with Crippen molar-refractivity contribution in [3.63, 3.8) is 0 Å². The Morgan fingerprint density at radius 1 is 0.833 bits per heavy atom. The molecule has 0 aromatic heterocycles. The van der Waals surface area contributed by atoms with Crippen molar-refractivity contribution in [3.8, 4) is 0 Å². The molecule has 0 fully saturated rings. The van der Waals surface area contributed by atoms with Gasteiger partial charge in [-0.05, 0) is 48.9 Å². The molecule has 0 N–H and O–H groups in total. The zero-order chi connectivity index (χ0) is 13.4. The number of hydrogen-bond acceptors (Lipinski definition) is 2. The lowest BCUT2D eigenvalue weighted by molar-refractivity contribution is 0.111. The average molecular weight is 246 g/mol. The van der Waals surface area contributed by atoms with E-state index in [1.165, 1.54) is 0 Å². The van der Waals surface area contributed by atoms with Crippen LogP contribution >= 0.6 is 0 Å². The van der Waals surface area contributed by atoms with Crippen molar-refractivity contribution >= 4 is 12.6 Å². The quantitative estimate of drug-likeness (QED) is 0.650. The van der Waals surface area contributed by atoms with Crippen molar-refractivity contribution in [3.05, 3.63) is 34.4 Å². The average Bonchev–Trinajstić information content (AvgIpc) is 2.42. The van der Waals surface area contributed by atoms with Crippen LogP contribution in [0.2, 0.25) is 0 Å². The van der Waals surface area contributed by atoms with Gasteiger partial charge < -0.3 is 0 Å². The monoisotopic (exact) mass is 246 g/mol. The predicted octanol–water partition coefficient (Wildman–Crippen LogP) is 4.00. The molecule has 0 atom stereocenters. The smallest absolute Gasteiger partial charge is 0.150 e. The molecule has 0 amide bonds. The molecule has 18 heavy (non-hydrogen) atoms. The number of hydrogen-bond donors (Lipinski definition) is 0. The summed E-state index contributed by atoms with van der Waals surface area (Å²) in [4.78, 5) is 22.3. The van der Waals surface area contributed by atoms with E-state index < -0.39 is 0 Å².